The van der Waals surface area contributed by atoms with Gasteiger partial charge in [0.2, 0.25) is 0 Å². The predicted molar refractivity (Wildman–Crippen MR) is 145 cm³/mol. The van der Waals surface area contributed by atoms with Gasteiger partial charge in [-0.1, -0.05) is 23.2 Å². The van der Waals surface area contributed by atoms with E-state index >= 15 is 0 Å². The van der Waals surface area contributed by atoms with Crippen LogP contribution in [0.25, 0.3) is 0 Å². The summed E-state index contributed by atoms with van der Waals surface area (Å²) >= 11 is 13.7. The van der Waals surface area contributed by atoms with Gasteiger partial charge in [0.1, 0.15) is 10.3 Å². The van der Waals surface area contributed by atoms with Crippen LogP contribution in [0.4, 0.5) is 4.79 Å². The third-order valence-electron chi connectivity index (χ3n) is 6.35. The van der Waals surface area contributed by atoms with Gasteiger partial charge in [-0.05, 0) is 81.0 Å². The van der Waals surface area contributed by atoms with Gasteiger partial charge in [0.25, 0.3) is 5.91 Å². The molecule has 0 saturated carbocycles. The maximum atomic E-state index is 12.9. The number of halogens is 2. The number of likely N-dealkylation sites (tertiary alicyclic amines) is 1. The molecule has 3 amide bonds. The number of pyridine rings is 1. The lowest BCUT2D eigenvalue weighted by atomic mass is 10.0. The van der Waals surface area contributed by atoms with Crippen molar-refractivity contribution in [1.29, 1.82) is 0 Å². The first-order chi connectivity index (χ1) is 17.2. The average Bonchev–Trinajstić information content (AvgIpc) is 3.34. The summed E-state index contributed by atoms with van der Waals surface area (Å²) < 4.78 is 0. The number of thiophene rings is 1. The Kier molecular flexibility index (Phi) is 10.8. The lowest BCUT2D eigenvalue weighted by molar-refractivity contribution is -0.00159. The van der Waals surface area contributed by atoms with Crippen LogP contribution < -0.4 is 10.8 Å². The Morgan fingerprint density at radius 3 is 2.61 bits per heavy atom. The minimum atomic E-state index is -0.244. The Labute approximate surface area is 227 Å². The minimum absolute atomic E-state index is 0.0870. The van der Waals surface area contributed by atoms with E-state index in [1.165, 1.54) is 0 Å². The van der Waals surface area contributed by atoms with Gasteiger partial charge in [-0.25, -0.2) is 15.3 Å². The summed E-state index contributed by atoms with van der Waals surface area (Å²) in [5, 5.41) is 7.43. The highest BCUT2D eigenvalue weighted by Gasteiger charge is 2.30. The van der Waals surface area contributed by atoms with E-state index in [4.69, 9.17) is 28.0 Å². The Bertz CT molecular complexity index is 990. The van der Waals surface area contributed by atoms with Crippen molar-refractivity contribution >= 4 is 46.5 Å². The lowest BCUT2D eigenvalue weighted by Gasteiger charge is -2.40. The number of rotatable bonds is 10. The average molecular weight is 557 g/mol. The van der Waals surface area contributed by atoms with Crippen molar-refractivity contribution in [2.45, 2.75) is 71.7 Å². The van der Waals surface area contributed by atoms with Crippen LogP contribution in [0.5, 0.6) is 0 Å². The van der Waals surface area contributed by atoms with E-state index in [-0.39, 0.29) is 40.4 Å². The van der Waals surface area contributed by atoms with Gasteiger partial charge in [0, 0.05) is 38.3 Å². The van der Waals surface area contributed by atoms with Crippen LogP contribution in [0.15, 0.2) is 22.9 Å². The molecule has 2 aromatic heterocycles. The highest BCUT2D eigenvalue weighted by atomic mass is 35.5. The number of carbonyl (C=O) groups is 2. The van der Waals surface area contributed by atoms with E-state index in [9.17, 15) is 9.59 Å². The number of amides is 3. The summed E-state index contributed by atoms with van der Waals surface area (Å²) in [7, 11) is 0. The second kappa shape index (κ2) is 13.6. The number of aryl methyl sites for hydroxylation is 1. The molecule has 198 valence electrons. The molecule has 3 heterocycles. The molecule has 0 bridgehead atoms. The fourth-order valence-electron chi connectivity index (χ4n) is 4.34. The first kappa shape index (κ1) is 28.7. The Balaban J connectivity index is 1.49. The third-order valence-corrected chi connectivity index (χ3v) is 7.55. The first-order valence-corrected chi connectivity index (χ1v) is 13.9. The molecule has 3 rings (SSSR count). The molecule has 0 spiro atoms. The van der Waals surface area contributed by atoms with Crippen LogP contribution >= 0.6 is 34.5 Å². The normalized spacial score (nSPS) is 15.6. The van der Waals surface area contributed by atoms with Gasteiger partial charge < -0.3 is 15.1 Å². The number of nitrogens with one attached hydrogen (secondary N) is 2. The molecule has 0 aliphatic carbocycles. The van der Waals surface area contributed by atoms with Crippen LogP contribution in [-0.4, -0.2) is 64.5 Å². The van der Waals surface area contributed by atoms with E-state index < -0.39 is 0 Å². The molecular weight excluding hydrogens is 521 g/mol. The molecule has 2 aromatic rings. The van der Waals surface area contributed by atoms with Crippen molar-refractivity contribution < 1.29 is 14.4 Å². The highest BCUT2D eigenvalue weighted by molar-refractivity contribution is 7.07. The SMILES string of the molecule is Cc1cc(Cl)nc(Cl)c1C(=O)NCC[C@@H](C)N1CCC(N(Cc2ccsc2)C(=O)NOC(C)C)CC1. The lowest BCUT2D eigenvalue weighted by Crippen LogP contribution is -2.52. The topological polar surface area (TPSA) is 86.8 Å². The number of hydrogen-bond donors (Lipinski definition) is 2. The van der Waals surface area contributed by atoms with Crippen LogP contribution in [0.2, 0.25) is 10.3 Å². The standard InChI is InChI=1S/C25H35Cl2N5O3S/c1-16(2)35-30-25(34)32(14-19-8-12-36-15-19)20-6-10-31(11-7-20)18(4)5-9-28-24(33)22-17(3)13-21(26)29-23(22)27/h8,12-13,15-16,18,20H,5-7,9-11,14H2,1-4H3,(H,28,33)(H,30,34)/t18-/m1/s1. The molecule has 0 aromatic carbocycles. The molecule has 11 heteroatoms. The monoisotopic (exact) mass is 555 g/mol. The van der Waals surface area contributed by atoms with E-state index in [2.05, 4.69) is 39.1 Å². The first-order valence-electron chi connectivity index (χ1n) is 12.2. The van der Waals surface area contributed by atoms with Crippen molar-refractivity contribution in [3.63, 3.8) is 0 Å². The zero-order valence-corrected chi connectivity index (χ0v) is 23.6. The van der Waals surface area contributed by atoms with Crippen molar-refractivity contribution in [2.24, 2.45) is 0 Å². The molecule has 8 nitrogen and oxygen atoms in total. The summed E-state index contributed by atoms with van der Waals surface area (Å²) in [6, 6.07) is 3.90. The Hall–Kier alpha value is -1.91. The molecule has 1 atom stereocenters. The number of piperidine rings is 1. The minimum Gasteiger partial charge on any atom is -0.352 e. The van der Waals surface area contributed by atoms with Gasteiger partial charge in [0.15, 0.2) is 0 Å². The molecular formula is C25H35Cl2N5O3S. The number of hydrogen-bond acceptors (Lipinski definition) is 6. The smallest absolute Gasteiger partial charge is 0.341 e. The molecule has 1 aliphatic heterocycles. The van der Waals surface area contributed by atoms with E-state index in [1.807, 2.05) is 24.1 Å². The fraction of sp³-hybridized carbons (Fsp3) is 0.560. The van der Waals surface area contributed by atoms with Crippen LogP contribution in [0.1, 0.15) is 61.5 Å². The summed E-state index contributed by atoms with van der Waals surface area (Å²) in [5.41, 5.74) is 4.78. The van der Waals surface area contributed by atoms with Crippen molar-refractivity contribution in [1.82, 2.24) is 25.6 Å². The van der Waals surface area contributed by atoms with Crippen LogP contribution in [-0.2, 0) is 11.4 Å². The number of hydroxylamine groups is 1. The van der Waals surface area contributed by atoms with Crippen LogP contribution in [0.3, 0.4) is 0 Å². The number of urea groups is 1. The third kappa shape index (κ3) is 8.05. The summed E-state index contributed by atoms with van der Waals surface area (Å²) in [5.74, 6) is -0.244. The van der Waals surface area contributed by atoms with Gasteiger partial charge in [-0.3, -0.25) is 9.63 Å². The summed E-state index contributed by atoms with van der Waals surface area (Å²) in [6.45, 7) is 10.6. The van der Waals surface area contributed by atoms with E-state index in [0.717, 1.165) is 37.9 Å². The fourth-order valence-corrected chi connectivity index (χ4v) is 5.62. The van der Waals surface area contributed by atoms with E-state index in [0.29, 0.717) is 24.2 Å². The zero-order chi connectivity index (χ0) is 26.2. The quantitative estimate of drug-likeness (QED) is 0.307. The number of carbonyl (C=O) groups excluding carboxylic acids is 2. The molecule has 2 N–H and O–H groups in total. The molecule has 0 unspecified atom stereocenters. The maximum Gasteiger partial charge on any atom is 0.341 e. The number of aromatic nitrogens is 1. The predicted octanol–water partition coefficient (Wildman–Crippen LogP) is 5.28. The Morgan fingerprint density at radius 1 is 1.28 bits per heavy atom. The van der Waals surface area contributed by atoms with Gasteiger partial charge >= 0.3 is 6.03 Å². The number of nitrogens with zero attached hydrogens (tertiary/aromatic N) is 3. The van der Waals surface area contributed by atoms with Crippen LogP contribution in [0, 0.1) is 6.92 Å². The van der Waals surface area contributed by atoms with Gasteiger partial charge in [-0.2, -0.15) is 11.3 Å². The largest absolute Gasteiger partial charge is 0.352 e. The van der Waals surface area contributed by atoms with E-state index in [1.54, 1.807) is 24.3 Å². The maximum absolute atomic E-state index is 12.9. The van der Waals surface area contributed by atoms with Gasteiger partial charge in [-0.15, -0.1) is 0 Å². The second-order valence-electron chi connectivity index (χ2n) is 9.42. The van der Waals surface area contributed by atoms with Crippen molar-refractivity contribution in [2.75, 3.05) is 19.6 Å². The molecule has 1 saturated heterocycles. The summed E-state index contributed by atoms with van der Waals surface area (Å²) in [6.07, 6.45) is 2.47. The Morgan fingerprint density at radius 2 is 2.00 bits per heavy atom. The molecule has 1 aliphatic rings. The molecule has 1 fully saturated rings. The van der Waals surface area contributed by atoms with Gasteiger partial charge in [0.05, 0.1) is 11.7 Å². The molecule has 0 radical (unpaired) electrons. The summed E-state index contributed by atoms with van der Waals surface area (Å²) in [4.78, 5) is 39.2. The molecule has 36 heavy (non-hydrogen) atoms. The van der Waals surface area contributed by atoms with Crippen molar-refractivity contribution in [3.05, 3.63) is 49.9 Å². The second-order valence-corrected chi connectivity index (χ2v) is 10.9. The highest BCUT2D eigenvalue weighted by Crippen LogP contribution is 2.23. The zero-order valence-electron chi connectivity index (χ0n) is 21.2. The van der Waals surface area contributed by atoms with Crippen molar-refractivity contribution in [3.8, 4) is 0 Å².